The van der Waals surface area contributed by atoms with Crippen molar-refractivity contribution in [3.05, 3.63) is 53.0 Å². The predicted molar refractivity (Wildman–Crippen MR) is 77.2 cm³/mol. The first-order valence-corrected chi connectivity index (χ1v) is 6.56. The molecular weight excluding hydrogens is 325 g/mol. The SMILES string of the molecule is Nc1noc(-c2cncc(F)c2)c1-c1cccc(Br)c1. The molecule has 0 aliphatic heterocycles. The molecule has 0 fully saturated rings. The molecule has 0 aliphatic carbocycles. The fraction of sp³-hybridized carbons (Fsp3) is 0. The minimum Gasteiger partial charge on any atom is -0.380 e. The Balaban J connectivity index is 2.20. The largest absolute Gasteiger partial charge is 0.380 e. The molecule has 0 spiro atoms. The van der Waals surface area contributed by atoms with Gasteiger partial charge in [0.2, 0.25) is 0 Å². The number of nitrogens with zero attached hydrogens (tertiary/aromatic N) is 2. The lowest BCUT2D eigenvalue weighted by molar-refractivity contribution is 0.435. The van der Waals surface area contributed by atoms with Gasteiger partial charge in [0, 0.05) is 16.2 Å². The highest BCUT2D eigenvalue weighted by Crippen LogP contribution is 2.37. The molecule has 0 amide bonds. The number of hydrogen-bond donors (Lipinski definition) is 1. The number of benzene rings is 1. The molecule has 100 valence electrons. The van der Waals surface area contributed by atoms with E-state index in [0.717, 1.165) is 16.2 Å². The molecule has 0 saturated heterocycles. The molecule has 0 saturated carbocycles. The molecule has 0 aliphatic rings. The van der Waals surface area contributed by atoms with Crippen LogP contribution in [-0.4, -0.2) is 10.1 Å². The second kappa shape index (κ2) is 5.05. The monoisotopic (exact) mass is 333 g/mol. The summed E-state index contributed by atoms with van der Waals surface area (Å²) in [6.07, 6.45) is 2.63. The summed E-state index contributed by atoms with van der Waals surface area (Å²) in [7, 11) is 0. The lowest BCUT2D eigenvalue weighted by atomic mass is 10.0. The molecule has 2 N–H and O–H groups in total. The molecule has 0 radical (unpaired) electrons. The zero-order valence-electron chi connectivity index (χ0n) is 10.2. The van der Waals surface area contributed by atoms with Crippen LogP contribution in [0.4, 0.5) is 10.2 Å². The fourth-order valence-corrected chi connectivity index (χ4v) is 2.36. The van der Waals surface area contributed by atoms with Crippen molar-refractivity contribution in [2.24, 2.45) is 0 Å². The number of rotatable bonds is 2. The zero-order chi connectivity index (χ0) is 14.1. The highest BCUT2D eigenvalue weighted by Gasteiger charge is 2.18. The molecule has 1 aromatic carbocycles. The maximum atomic E-state index is 13.3. The van der Waals surface area contributed by atoms with Gasteiger partial charge in [0.15, 0.2) is 11.6 Å². The van der Waals surface area contributed by atoms with E-state index in [1.807, 2.05) is 24.3 Å². The molecule has 20 heavy (non-hydrogen) atoms. The van der Waals surface area contributed by atoms with Crippen LogP contribution in [-0.2, 0) is 0 Å². The topological polar surface area (TPSA) is 64.9 Å². The van der Waals surface area contributed by atoms with Crippen LogP contribution in [0.25, 0.3) is 22.5 Å². The lowest BCUT2D eigenvalue weighted by Gasteiger charge is -2.03. The van der Waals surface area contributed by atoms with E-state index in [-0.39, 0.29) is 5.82 Å². The number of aromatic nitrogens is 2. The number of hydrogen-bond acceptors (Lipinski definition) is 4. The van der Waals surface area contributed by atoms with Gasteiger partial charge in [0.1, 0.15) is 5.82 Å². The average Bonchev–Trinajstić information content (AvgIpc) is 2.80. The molecule has 3 aromatic rings. The lowest BCUT2D eigenvalue weighted by Crippen LogP contribution is -1.89. The van der Waals surface area contributed by atoms with Crippen molar-refractivity contribution in [1.29, 1.82) is 0 Å². The third-order valence-corrected chi connectivity index (χ3v) is 3.29. The Hall–Kier alpha value is -2.21. The van der Waals surface area contributed by atoms with Crippen molar-refractivity contribution in [3.8, 4) is 22.5 Å². The van der Waals surface area contributed by atoms with E-state index in [1.54, 1.807) is 0 Å². The van der Waals surface area contributed by atoms with Crippen molar-refractivity contribution in [2.75, 3.05) is 5.73 Å². The van der Waals surface area contributed by atoms with Gasteiger partial charge >= 0.3 is 0 Å². The Morgan fingerprint density at radius 3 is 2.75 bits per heavy atom. The predicted octanol–water partition coefficient (Wildman–Crippen LogP) is 3.89. The molecule has 0 bridgehead atoms. The number of nitrogen functional groups attached to an aromatic ring is 1. The van der Waals surface area contributed by atoms with Crippen LogP contribution < -0.4 is 5.73 Å². The van der Waals surface area contributed by atoms with E-state index in [0.29, 0.717) is 16.9 Å². The summed E-state index contributed by atoms with van der Waals surface area (Å²) >= 11 is 3.40. The minimum absolute atomic E-state index is 0.252. The highest BCUT2D eigenvalue weighted by molar-refractivity contribution is 9.10. The van der Waals surface area contributed by atoms with Crippen LogP contribution in [0.2, 0.25) is 0 Å². The van der Waals surface area contributed by atoms with Gasteiger partial charge in [-0.15, -0.1) is 0 Å². The Bertz CT molecular complexity index is 773. The van der Waals surface area contributed by atoms with Crippen molar-refractivity contribution < 1.29 is 8.91 Å². The van der Waals surface area contributed by atoms with Gasteiger partial charge in [-0.25, -0.2) is 4.39 Å². The highest BCUT2D eigenvalue weighted by atomic mass is 79.9. The Kier molecular flexibility index (Phi) is 3.23. The summed E-state index contributed by atoms with van der Waals surface area (Å²) in [5.74, 6) is 0.202. The quantitative estimate of drug-likeness (QED) is 0.772. The number of nitrogens with two attached hydrogens (primary N) is 1. The van der Waals surface area contributed by atoms with Crippen LogP contribution in [0, 0.1) is 5.82 Å². The van der Waals surface area contributed by atoms with Gasteiger partial charge in [-0.05, 0) is 23.8 Å². The van der Waals surface area contributed by atoms with Crippen LogP contribution in [0.3, 0.4) is 0 Å². The van der Waals surface area contributed by atoms with Crippen molar-refractivity contribution in [1.82, 2.24) is 10.1 Å². The molecule has 2 aromatic heterocycles. The zero-order valence-corrected chi connectivity index (χ0v) is 11.8. The number of pyridine rings is 1. The Morgan fingerprint density at radius 2 is 2.00 bits per heavy atom. The summed E-state index contributed by atoms with van der Waals surface area (Å²) in [4.78, 5) is 3.81. The molecule has 3 rings (SSSR count). The minimum atomic E-state index is -0.447. The van der Waals surface area contributed by atoms with Crippen LogP contribution >= 0.6 is 15.9 Å². The Morgan fingerprint density at radius 1 is 1.15 bits per heavy atom. The maximum Gasteiger partial charge on any atom is 0.178 e. The first kappa shape index (κ1) is 12.8. The third-order valence-electron chi connectivity index (χ3n) is 2.80. The number of halogens is 2. The van der Waals surface area contributed by atoms with Gasteiger partial charge in [0.05, 0.1) is 11.8 Å². The Labute approximate surface area is 122 Å². The second-order valence-corrected chi connectivity index (χ2v) is 5.09. The number of anilines is 1. The van der Waals surface area contributed by atoms with Crippen LogP contribution in [0.15, 0.2) is 51.7 Å². The summed E-state index contributed by atoms with van der Waals surface area (Å²) in [6, 6.07) is 8.87. The fourth-order valence-electron chi connectivity index (χ4n) is 1.96. The maximum absolute atomic E-state index is 13.3. The standard InChI is InChI=1S/C14H9BrFN3O/c15-10-3-1-2-8(4-10)12-13(20-19-14(12)17)9-5-11(16)7-18-6-9/h1-7H,(H2,17,19). The summed E-state index contributed by atoms with van der Waals surface area (Å²) in [5, 5.41) is 3.77. The van der Waals surface area contributed by atoms with Crippen LogP contribution in [0.1, 0.15) is 0 Å². The molecule has 4 nitrogen and oxygen atoms in total. The molecule has 6 heteroatoms. The average molecular weight is 334 g/mol. The van der Waals surface area contributed by atoms with Crippen molar-refractivity contribution in [2.45, 2.75) is 0 Å². The molecule has 0 atom stereocenters. The van der Waals surface area contributed by atoms with Crippen molar-refractivity contribution in [3.63, 3.8) is 0 Å². The van der Waals surface area contributed by atoms with Gasteiger partial charge < -0.3 is 10.3 Å². The molecule has 2 heterocycles. The van der Waals surface area contributed by atoms with E-state index in [9.17, 15) is 4.39 Å². The smallest absolute Gasteiger partial charge is 0.178 e. The first-order chi connectivity index (χ1) is 9.65. The third kappa shape index (κ3) is 2.30. The second-order valence-electron chi connectivity index (χ2n) is 4.17. The van der Waals surface area contributed by atoms with E-state index < -0.39 is 5.82 Å². The van der Waals surface area contributed by atoms with Crippen molar-refractivity contribution >= 4 is 21.7 Å². The van der Waals surface area contributed by atoms with E-state index in [1.165, 1.54) is 12.3 Å². The summed E-state index contributed by atoms with van der Waals surface area (Å²) < 4.78 is 19.4. The van der Waals surface area contributed by atoms with Gasteiger partial charge in [-0.2, -0.15) is 0 Å². The van der Waals surface area contributed by atoms with Gasteiger partial charge in [-0.3, -0.25) is 4.98 Å². The summed E-state index contributed by atoms with van der Waals surface area (Å²) in [5.41, 5.74) is 7.81. The molecule has 0 unspecified atom stereocenters. The van der Waals surface area contributed by atoms with Crippen LogP contribution in [0.5, 0.6) is 0 Å². The first-order valence-electron chi connectivity index (χ1n) is 5.77. The van der Waals surface area contributed by atoms with E-state index in [2.05, 4.69) is 26.1 Å². The van der Waals surface area contributed by atoms with E-state index >= 15 is 0 Å². The molecular formula is C14H9BrFN3O. The van der Waals surface area contributed by atoms with Gasteiger partial charge in [0.25, 0.3) is 0 Å². The van der Waals surface area contributed by atoms with E-state index in [4.69, 9.17) is 10.3 Å². The van der Waals surface area contributed by atoms with Gasteiger partial charge in [-0.1, -0.05) is 33.2 Å². The summed E-state index contributed by atoms with van der Waals surface area (Å²) in [6.45, 7) is 0. The normalized spacial score (nSPS) is 10.7.